The summed E-state index contributed by atoms with van der Waals surface area (Å²) in [5, 5.41) is 10.7. The number of aryl methyl sites for hydroxylation is 2. The minimum absolute atomic E-state index is 0.219. The van der Waals surface area contributed by atoms with Crippen LogP contribution in [0.5, 0.6) is 0 Å². The monoisotopic (exact) mass is 427 g/mol. The molecule has 1 atom stereocenters. The van der Waals surface area contributed by atoms with Crippen LogP contribution < -0.4 is 4.90 Å². The van der Waals surface area contributed by atoms with Gasteiger partial charge >= 0.3 is 6.18 Å². The normalized spacial score (nSPS) is 12.5. The van der Waals surface area contributed by atoms with Gasteiger partial charge < -0.3 is 10.0 Å². The van der Waals surface area contributed by atoms with Gasteiger partial charge in [0.2, 0.25) is 0 Å². The molecule has 3 aromatic rings. The molecule has 6 heteroatoms. The number of aliphatic hydroxyl groups is 1. The number of halogens is 3. The van der Waals surface area contributed by atoms with Crippen molar-refractivity contribution in [2.24, 2.45) is 0 Å². The average Bonchev–Trinajstić information content (AvgIpc) is 2.76. The Bertz CT molecular complexity index is 1030. The molecule has 0 aliphatic heterocycles. The molecule has 3 nitrogen and oxygen atoms in total. The zero-order valence-corrected chi connectivity index (χ0v) is 17.4. The lowest BCUT2D eigenvalue weighted by Gasteiger charge is -2.26. The van der Waals surface area contributed by atoms with Gasteiger partial charge in [0.25, 0.3) is 5.91 Å². The summed E-state index contributed by atoms with van der Waals surface area (Å²) in [6.07, 6.45) is -5.38. The summed E-state index contributed by atoms with van der Waals surface area (Å²) in [5.74, 6) is -0.485. The summed E-state index contributed by atoms with van der Waals surface area (Å²) in [6, 6.07) is 19.1. The van der Waals surface area contributed by atoms with E-state index < -0.39 is 23.8 Å². The molecule has 1 unspecified atom stereocenters. The third-order valence-electron chi connectivity index (χ3n) is 5.32. The minimum atomic E-state index is -4.39. The lowest BCUT2D eigenvalue weighted by Crippen LogP contribution is -2.37. The maximum atomic E-state index is 13.2. The molecule has 0 radical (unpaired) electrons. The third-order valence-corrected chi connectivity index (χ3v) is 5.32. The molecular formula is C25H24F3NO2. The van der Waals surface area contributed by atoms with Crippen LogP contribution in [0.3, 0.4) is 0 Å². The van der Waals surface area contributed by atoms with Crippen molar-refractivity contribution in [3.8, 4) is 0 Å². The van der Waals surface area contributed by atoms with E-state index in [0.717, 1.165) is 23.3 Å². The van der Waals surface area contributed by atoms with Crippen LogP contribution in [0.15, 0.2) is 72.8 Å². The highest BCUT2D eigenvalue weighted by molar-refractivity contribution is 5.97. The van der Waals surface area contributed by atoms with Crippen molar-refractivity contribution < 1.29 is 23.1 Å². The number of benzene rings is 3. The first-order chi connectivity index (χ1) is 14.7. The van der Waals surface area contributed by atoms with E-state index in [1.165, 1.54) is 17.0 Å². The van der Waals surface area contributed by atoms with Crippen molar-refractivity contribution in [3.63, 3.8) is 0 Å². The number of alkyl halides is 3. The number of aliphatic hydroxyl groups excluding tert-OH is 1. The molecule has 0 spiro atoms. The molecule has 0 aromatic heterocycles. The SMILES string of the molecule is Cc1ccc(N(CCc2ccc(C(F)(F)F)cc2)C(=O)C(O)c2ccccc2)cc1C. The number of anilines is 1. The third kappa shape index (κ3) is 5.52. The van der Waals surface area contributed by atoms with Crippen molar-refractivity contribution in [1.29, 1.82) is 0 Å². The molecule has 0 aliphatic rings. The number of rotatable bonds is 6. The van der Waals surface area contributed by atoms with Crippen molar-refractivity contribution in [3.05, 3.63) is 101 Å². The fraction of sp³-hybridized carbons (Fsp3) is 0.240. The van der Waals surface area contributed by atoms with Gasteiger partial charge in [-0.3, -0.25) is 4.79 Å². The van der Waals surface area contributed by atoms with E-state index in [4.69, 9.17) is 0 Å². The zero-order valence-electron chi connectivity index (χ0n) is 17.4. The van der Waals surface area contributed by atoms with Gasteiger partial charge in [-0.1, -0.05) is 48.5 Å². The number of carbonyl (C=O) groups excluding carboxylic acids is 1. The second-order valence-electron chi connectivity index (χ2n) is 7.52. The van der Waals surface area contributed by atoms with Gasteiger partial charge in [0.1, 0.15) is 0 Å². The van der Waals surface area contributed by atoms with Crippen molar-refractivity contribution >= 4 is 11.6 Å². The number of amides is 1. The van der Waals surface area contributed by atoms with Gasteiger partial charge in [0.05, 0.1) is 5.56 Å². The Balaban J connectivity index is 1.85. The first-order valence-electron chi connectivity index (χ1n) is 9.94. The summed E-state index contributed by atoms with van der Waals surface area (Å²) in [4.78, 5) is 14.7. The van der Waals surface area contributed by atoms with Gasteiger partial charge in [-0.25, -0.2) is 0 Å². The van der Waals surface area contributed by atoms with Crippen LogP contribution in [0.1, 0.15) is 33.9 Å². The van der Waals surface area contributed by atoms with Crippen LogP contribution in [0.2, 0.25) is 0 Å². The van der Waals surface area contributed by atoms with E-state index in [2.05, 4.69) is 0 Å². The number of hydrogen-bond acceptors (Lipinski definition) is 2. The average molecular weight is 427 g/mol. The van der Waals surface area contributed by atoms with E-state index in [1.54, 1.807) is 30.3 Å². The quantitative estimate of drug-likeness (QED) is 0.554. The second kappa shape index (κ2) is 9.35. The molecule has 3 rings (SSSR count). The van der Waals surface area contributed by atoms with E-state index in [9.17, 15) is 23.1 Å². The minimum Gasteiger partial charge on any atom is -0.378 e. The lowest BCUT2D eigenvalue weighted by atomic mass is 10.0. The molecule has 0 heterocycles. The molecule has 162 valence electrons. The van der Waals surface area contributed by atoms with Crippen LogP contribution >= 0.6 is 0 Å². The first kappa shape index (κ1) is 22.6. The fourth-order valence-corrected chi connectivity index (χ4v) is 3.29. The summed E-state index contributed by atoms with van der Waals surface area (Å²) in [5.41, 5.74) is 3.15. The second-order valence-corrected chi connectivity index (χ2v) is 7.52. The van der Waals surface area contributed by atoms with Crippen molar-refractivity contribution in [1.82, 2.24) is 0 Å². The van der Waals surface area contributed by atoms with Gasteiger partial charge in [-0.05, 0) is 66.8 Å². The molecule has 0 aliphatic carbocycles. The maximum Gasteiger partial charge on any atom is 0.416 e. The summed E-state index contributed by atoms with van der Waals surface area (Å²) in [6.45, 7) is 4.12. The van der Waals surface area contributed by atoms with Crippen LogP contribution in [0.4, 0.5) is 18.9 Å². The highest BCUT2D eigenvalue weighted by Gasteiger charge is 2.30. The highest BCUT2D eigenvalue weighted by Crippen LogP contribution is 2.29. The smallest absolute Gasteiger partial charge is 0.378 e. The van der Waals surface area contributed by atoms with E-state index in [1.807, 2.05) is 32.0 Å². The molecular weight excluding hydrogens is 403 g/mol. The predicted molar refractivity (Wildman–Crippen MR) is 115 cm³/mol. The molecule has 0 fully saturated rings. The Morgan fingerprint density at radius 1 is 0.935 bits per heavy atom. The lowest BCUT2D eigenvalue weighted by molar-refractivity contribution is -0.137. The Morgan fingerprint density at radius 2 is 1.58 bits per heavy atom. The predicted octanol–water partition coefficient (Wildman–Crippen LogP) is 5.63. The van der Waals surface area contributed by atoms with Crippen LogP contribution in [0.25, 0.3) is 0 Å². The van der Waals surface area contributed by atoms with Gasteiger partial charge in [0.15, 0.2) is 6.10 Å². The standard InChI is InChI=1S/C25H24F3NO2/c1-17-8-13-22(16-18(17)2)29(24(31)23(30)20-6-4-3-5-7-20)15-14-19-9-11-21(12-10-19)25(26,27)28/h3-13,16,23,30H,14-15H2,1-2H3. The molecule has 31 heavy (non-hydrogen) atoms. The van der Waals surface area contributed by atoms with Crippen molar-refractivity contribution in [2.45, 2.75) is 32.5 Å². The zero-order chi connectivity index (χ0) is 22.6. The molecule has 0 saturated heterocycles. The Hall–Kier alpha value is -3.12. The Kier molecular flexibility index (Phi) is 6.81. The van der Waals surface area contributed by atoms with Gasteiger partial charge in [-0.2, -0.15) is 13.2 Å². The number of nitrogens with zero attached hydrogens (tertiary/aromatic N) is 1. The summed E-state index contributed by atoms with van der Waals surface area (Å²) in [7, 11) is 0. The number of hydrogen-bond donors (Lipinski definition) is 1. The maximum absolute atomic E-state index is 13.2. The molecule has 1 amide bonds. The van der Waals surface area contributed by atoms with Crippen molar-refractivity contribution in [2.75, 3.05) is 11.4 Å². The number of carbonyl (C=O) groups is 1. The van der Waals surface area contributed by atoms with Crippen LogP contribution in [-0.4, -0.2) is 17.6 Å². The van der Waals surface area contributed by atoms with Crippen LogP contribution in [-0.2, 0) is 17.4 Å². The Morgan fingerprint density at radius 3 is 2.16 bits per heavy atom. The fourth-order valence-electron chi connectivity index (χ4n) is 3.29. The summed E-state index contributed by atoms with van der Waals surface area (Å²) < 4.78 is 38.4. The first-order valence-corrected chi connectivity index (χ1v) is 9.94. The van der Waals surface area contributed by atoms with E-state index >= 15 is 0 Å². The van der Waals surface area contributed by atoms with E-state index in [0.29, 0.717) is 23.2 Å². The molecule has 0 bridgehead atoms. The highest BCUT2D eigenvalue weighted by atomic mass is 19.4. The molecule has 3 aromatic carbocycles. The topological polar surface area (TPSA) is 40.5 Å². The summed E-state index contributed by atoms with van der Waals surface area (Å²) >= 11 is 0. The molecule has 0 saturated carbocycles. The Labute approximate surface area is 179 Å². The van der Waals surface area contributed by atoms with Gasteiger partial charge in [-0.15, -0.1) is 0 Å². The molecule has 1 N–H and O–H groups in total. The van der Waals surface area contributed by atoms with Gasteiger partial charge in [0, 0.05) is 12.2 Å². The van der Waals surface area contributed by atoms with Crippen LogP contribution in [0, 0.1) is 13.8 Å². The largest absolute Gasteiger partial charge is 0.416 e. The van der Waals surface area contributed by atoms with E-state index in [-0.39, 0.29) is 6.54 Å².